The molecule has 2 aromatic heterocycles. The lowest BCUT2D eigenvalue weighted by Crippen LogP contribution is -2.10. The van der Waals surface area contributed by atoms with Crippen molar-refractivity contribution in [3.8, 4) is 5.69 Å². The van der Waals surface area contributed by atoms with Gasteiger partial charge in [-0.1, -0.05) is 41.4 Å². The molecule has 3 heterocycles. The van der Waals surface area contributed by atoms with Crippen LogP contribution in [0.15, 0.2) is 46.5 Å². The molecule has 0 spiro atoms. The molecule has 0 fully saturated rings. The third-order valence-electron chi connectivity index (χ3n) is 3.53. The summed E-state index contributed by atoms with van der Waals surface area (Å²) in [6.45, 7) is 0.349. The Labute approximate surface area is 147 Å². The standard InChI is InChI=1S/C15H9Cl2N5S/c16-9-4-2-1-3-8(9)13-14-10(5-6-11(17)19-14)22-12(7-18-13)20-21-15(22)23/h1-6H,7H2,(H,21,23). The first-order valence-electron chi connectivity index (χ1n) is 6.75. The lowest BCUT2D eigenvalue weighted by molar-refractivity contribution is 0.833. The molecule has 0 unspecified atom stereocenters. The molecule has 5 nitrogen and oxygen atoms in total. The summed E-state index contributed by atoms with van der Waals surface area (Å²) in [6, 6.07) is 11.1. The van der Waals surface area contributed by atoms with Gasteiger partial charge in [-0.3, -0.25) is 9.56 Å². The van der Waals surface area contributed by atoms with Gasteiger partial charge < -0.3 is 0 Å². The Morgan fingerprint density at radius 1 is 1.04 bits per heavy atom. The van der Waals surface area contributed by atoms with E-state index in [0.717, 1.165) is 11.3 Å². The molecule has 23 heavy (non-hydrogen) atoms. The Bertz CT molecular complexity index is 951. The van der Waals surface area contributed by atoms with Crippen molar-refractivity contribution in [2.45, 2.75) is 11.7 Å². The van der Waals surface area contributed by atoms with Gasteiger partial charge in [0.05, 0.1) is 16.4 Å². The number of fused-ring (bicyclic) bond motifs is 3. The second-order valence-electron chi connectivity index (χ2n) is 4.90. The third-order valence-corrected chi connectivity index (χ3v) is 4.36. The molecule has 0 amide bonds. The number of halogens is 2. The second kappa shape index (κ2) is 5.63. The van der Waals surface area contributed by atoms with Gasteiger partial charge in [-0.05, 0) is 18.2 Å². The molecule has 0 saturated carbocycles. The summed E-state index contributed by atoms with van der Waals surface area (Å²) in [5, 5.41) is 9.57. The minimum absolute atomic E-state index is 0.349. The van der Waals surface area contributed by atoms with Crippen LogP contribution in [0, 0.1) is 0 Å². The molecule has 1 aliphatic rings. The van der Waals surface area contributed by atoms with Crippen molar-refractivity contribution >= 4 is 41.5 Å². The van der Waals surface area contributed by atoms with E-state index in [1.807, 2.05) is 34.9 Å². The molecule has 3 aromatic rings. The Balaban J connectivity index is 2.03. The van der Waals surface area contributed by atoms with E-state index in [9.17, 15) is 0 Å². The first-order chi connectivity index (χ1) is 11.1. The van der Waals surface area contributed by atoms with Crippen molar-refractivity contribution in [2.24, 2.45) is 4.99 Å². The quantitative estimate of drug-likeness (QED) is 0.532. The van der Waals surface area contributed by atoms with Crippen molar-refractivity contribution in [3.63, 3.8) is 0 Å². The monoisotopic (exact) mass is 361 g/mol. The van der Waals surface area contributed by atoms with Gasteiger partial charge in [-0.15, -0.1) is 22.8 Å². The normalized spacial score (nSPS) is 13.1. The van der Waals surface area contributed by atoms with Crippen LogP contribution in [0.25, 0.3) is 5.69 Å². The molecule has 0 N–H and O–H groups in total. The topological polar surface area (TPSA) is 56.0 Å². The number of thiol groups is 1. The van der Waals surface area contributed by atoms with Crippen molar-refractivity contribution < 1.29 is 0 Å². The van der Waals surface area contributed by atoms with Gasteiger partial charge in [0.2, 0.25) is 0 Å². The lowest BCUT2D eigenvalue weighted by atomic mass is 10.1. The number of hydrogen-bond donors (Lipinski definition) is 1. The average Bonchev–Trinajstić information content (AvgIpc) is 2.82. The van der Waals surface area contributed by atoms with Gasteiger partial charge in [0.15, 0.2) is 11.0 Å². The van der Waals surface area contributed by atoms with Crippen LogP contribution >= 0.6 is 35.8 Å². The average molecular weight is 362 g/mol. The number of benzene rings is 1. The third kappa shape index (κ3) is 2.43. The van der Waals surface area contributed by atoms with E-state index in [-0.39, 0.29) is 0 Å². The highest BCUT2D eigenvalue weighted by Crippen LogP contribution is 2.28. The Hall–Kier alpha value is -1.89. The van der Waals surface area contributed by atoms with Gasteiger partial charge in [0, 0.05) is 5.56 Å². The van der Waals surface area contributed by atoms with Crippen LogP contribution in [0.1, 0.15) is 17.1 Å². The van der Waals surface area contributed by atoms with Crippen LogP contribution in [0.4, 0.5) is 0 Å². The molecule has 0 radical (unpaired) electrons. The van der Waals surface area contributed by atoms with Gasteiger partial charge in [0.25, 0.3) is 0 Å². The Kier molecular flexibility index (Phi) is 3.60. The largest absolute Gasteiger partial charge is 0.274 e. The summed E-state index contributed by atoms with van der Waals surface area (Å²) in [5.74, 6) is 0.683. The van der Waals surface area contributed by atoms with Crippen LogP contribution in [-0.4, -0.2) is 25.5 Å². The maximum atomic E-state index is 6.34. The zero-order valence-electron chi connectivity index (χ0n) is 11.6. The van der Waals surface area contributed by atoms with Crippen LogP contribution in [0.2, 0.25) is 10.2 Å². The van der Waals surface area contributed by atoms with Gasteiger partial charge in [0.1, 0.15) is 17.4 Å². The smallest absolute Gasteiger partial charge is 0.192 e. The minimum Gasteiger partial charge on any atom is -0.274 e. The highest BCUT2D eigenvalue weighted by Gasteiger charge is 2.24. The fourth-order valence-corrected chi connectivity index (χ4v) is 3.17. The summed E-state index contributed by atoms with van der Waals surface area (Å²) in [6.07, 6.45) is 0. The van der Waals surface area contributed by atoms with E-state index >= 15 is 0 Å². The summed E-state index contributed by atoms with van der Waals surface area (Å²) < 4.78 is 1.81. The number of pyridine rings is 1. The SMILES string of the molecule is Sc1nnc2n1-c1ccc(Cl)nc1C(c1ccccc1Cl)=NC2. The molecule has 0 saturated heterocycles. The van der Waals surface area contributed by atoms with E-state index < -0.39 is 0 Å². The molecule has 1 aliphatic heterocycles. The second-order valence-corrected chi connectivity index (χ2v) is 6.09. The zero-order chi connectivity index (χ0) is 16.0. The van der Waals surface area contributed by atoms with Gasteiger partial charge >= 0.3 is 0 Å². The summed E-state index contributed by atoms with van der Waals surface area (Å²) >= 11 is 16.8. The molecular weight excluding hydrogens is 353 g/mol. The van der Waals surface area contributed by atoms with Crippen molar-refractivity contribution in [2.75, 3.05) is 0 Å². The fraction of sp³-hybridized carbons (Fsp3) is 0.0667. The van der Waals surface area contributed by atoms with Crippen molar-refractivity contribution in [1.82, 2.24) is 19.7 Å². The number of nitrogens with zero attached hydrogens (tertiary/aromatic N) is 5. The molecule has 4 rings (SSSR count). The maximum Gasteiger partial charge on any atom is 0.192 e. The molecule has 1 aromatic carbocycles. The summed E-state index contributed by atoms with van der Waals surface area (Å²) in [5.41, 5.74) is 2.87. The predicted octanol–water partition coefficient (Wildman–Crippen LogP) is 3.61. The highest BCUT2D eigenvalue weighted by atomic mass is 35.5. The number of aliphatic imine (C=N–C) groups is 1. The summed E-state index contributed by atoms with van der Waals surface area (Å²) in [4.78, 5) is 9.10. The van der Waals surface area contributed by atoms with E-state index in [0.29, 0.717) is 39.1 Å². The van der Waals surface area contributed by atoms with E-state index in [2.05, 4.69) is 32.8 Å². The first-order valence-corrected chi connectivity index (χ1v) is 7.95. The number of hydrogen-bond acceptors (Lipinski definition) is 5. The molecule has 114 valence electrons. The molecule has 8 heteroatoms. The number of aromatic nitrogens is 4. The van der Waals surface area contributed by atoms with Crippen LogP contribution < -0.4 is 0 Å². The Morgan fingerprint density at radius 3 is 2.70 bits per heavy atom. The van der Waals surface area contributed by atoms with E-state index in [1.165, 1.54) is 0 Å². The first kappa shape index (κ1) is 14.7. The van der Waals surface area contributed by atoms with Crippen LogP contribution in [0.3, 0.4) is 0 Å². The van der Waals surface area contributed by atoms with E-state index in [1.54, 1.807) is 6.07 Å². The van der Waals surface area contributed by atoms with E-state index in [4.69, 9.17) is 23.2 Å². The molecule has 0 aliphatic carbocycles. The van der Waals surface area contributed by atoms with Crippen molar-refractivity contribution in [3.05, 3.63) is 63.7 Å². The lowest BCUT2D eigenvalue weighted by Gasteiger charge is -2.12. The fourth-order valence-electron chi connectivity index (χ4n) is 2.53. The maximum absolute atomic E-state index is 6.34. The minimum atomic E-state index is 0.349. The van der Waals surface area contributed by atoms with Crippen LogP contribution in [0.5, 0.6) is 0 Å². The Morgan fingerprint density at radius 2 is 1.87 bits per heavy atom. The van der Waals surface area contributed by atoms with Crippen molar-refractivity contribution in [1.29, 1.82) is 0 Å². The highest BCUT2D eigenvalue weighted by molar-refractivity contribution is 7.80. The zero-order valence-corrected chi connectivity index (χ0v) is 14.0. The van der Waals surface area contributed by atoms with Crippen LogP contribution in [-0.2, 0) is 6.54 Å². The number of rotatable bonds is 1. The van der Waals surface area contributed by atoms with Gasteiger partial charge in [-0.25, -0.2) is 4.98 Å². The predicted molar refractivity (Wildman–Crippen MR) is 92.2 cm³/mol. The molecule has 0 atom stereocenters. The molecule has 0 bridgehead atoms. The van der Waals surface area contributed by atoms with Gasteiger partial charge in [-0.2, -0.15) is 0 Å². The molecular formula is C15H9Cl2N5S. The summed E-state index contributed by atoms with van der Waals surface area (Å²) in [7, 11) is 0.